The molecule has 0 aliphatic rings. The summed E-state index contributed by atoms with van der Waals surface area (Å²) in [6.45, 7) is 0.583. The van der Waals surface area contributed by atoms with Gasteiger partial charge in [0.2, 0.25) is 12.7 Å². The summed E-state index contributed by atoms with van der Waals surface area (Å²) in [5.41, 5.74) is 0.313. The Balaban J connectivity index is 2.30. The van der Waals surface area contributed by atoms with Gasteiger partial charge in [0.25, 0.3) is 0 Å². The van der Waals surface area contributed by atoms with Crippen molar-refractivity contribution >= 4 is 34.9 Å². The fourth-order valence-corrected chi connectivity index (χ4v) is 2.06. The Kier molecular flexibility index (Phi) is 7.61. The predicted octanol–water partition coefficient (Wildman–Crippen LogP) is 1.26. The lowest BCUT2D eigenvalue weighted by Gasteiger charge is -2.12. The molecule has 0 radical (unpaired) electrons. The van der Waals surface area contributed by atoms with E-state index in [9.17, 15) is 19.2 Å². The van der Waals surface area contributed by atoms with Crippen LogP contribution in [-0.2, 0) is 19.1 Å². The SMILES string of the molecule is CC(=O)N[C@@H](CSC(=O)OCOC(=O)c1ccccc1)C(=O)O. The van der Waals surface area contributed by atoms with Crippen molar-refractivity contribution in [3.63, 3.8) is 0 Å². The van der Waals surface area contributed by atoms with Gasteiger partial charge in [-0.15, -0.1) is 0 Å². The van der Waals surface area contributed by atoms with Gasteiger partial charge in [0.05, 0.1) is 5.56 Å². The van der Waals surface area contributed by atoms with Gasteiger partial charge >= 0.3 is 17.2 Å². The number of rotatable bonds is 7. The van der Waals surface area contributed by atoms with Crippen molar-refractivity contribution in [2.75, 3.05) is 12.5 Å². The highest BCUT2D eigenvalue weighted by Gasteiger charge is 2.20. The zero-order chi connectivity index (χ0) is 17.2. The fraction of sp³-hybridized carbons (Fsp3) is 0.286. The van der Waals surface area contributed by atoms with Gasteiger partial charge < -0.3 is 19.9 Å². The van der Waals surface area contributed by atoms with Crippen molar-refractivity contribution in [2.24, 2.45) is 0 Å². The Morgan fingerprint density at radius 1 is 1.17 bits per heavy atom. The molecule has 2 N–H and O–H groups in total. The van der Waals surface area contributed by atoms with Crippen LogP contribution in [0.25, 0.3) is 0 Å². The number of carbonyl (C=O) groups is 4. The first-order chi connectivity index (χ1) is 10.9. The van der Waals surface area contributed by atoms with Gasteiger partial charge in [-0.2, -0.15) is 0 Å². The molecule has 8 nitrogen and oxygen atoms in total. The number of carboxylic acids is 1. The Morgan fingerprint density at radius 3 is 2.39 bits per heavy atom. The molecule has 1 atom stereocenters. The van der Waals surface area contributed by atoms with Gasteiger partial charge in [0, 0.05) is 12.7 Å². The van der Waals surface area contributed by atoms with E-state index < -0.39 is 36.0 Å². The number of nitrogens with one attached hydrogen (secondary N) is 1. The van der Waals surface area contributed by atoms with E-state index in [1.54, 1.807) is 30.3 Å². The van der Waals surface area contributed by atoms with Crippen LogP contribution in [0.5, 0.6) is 0 Å². The summed E-state index contributed by atoms with van der Waals surface area (Å²) in [6, 6.07) is 6.94. The van der Waals surface area contributed by atoms with E-state index in [1.807, 2.05) is 0 Å². The molecule has 1 aromatic carbocycles. The minimum Gasteiger partial charge on any atom is -0.480 e. The third-order valence-corrected chi connectivity index (χ3v) is 3.27. The maximum absolute atomic E-state index is 11.6. The summed E-state index contributed by atoms with van der Waals surface area (Å²) in [6.07, 6.45) is 0. The van der Waals surface area contributed by atoms with Crippen LogP contribution in [0.3, 0.4) is 0 Å². The lowest BCUT2D eigenvalue weighted by Crippen LogP contribution is -2.41. The number of hydrogen-bond acceptors (Lipinski definition) is 7. The second-order valence-corrected chi connectivity index (χ2v) is 5.17. The first-order valence-electron chi connectivity index (χ1n) is 6.41. The molecule has 1 rings (SSSR count). The molecule has 0 fully saturated rings. The highest BCUT2D eigenvalue weighted by atomic mass is 32.2. The van der Waals surface area contributed by atoms with E-state index in [1.165, 1.54) is 6.92 Å². The average Bonchev–Trinajstić information content (AvgIpc) is 2.51. The van der Waals surface area contributed by atoms with Crippen LogP contribution < -0.4 is 5.32 Å². The average molecular weight is 341 g/mol. The zero-order valence-electron chi connectivity index (χ0n) is 12.2. The summed E-state index contributed by atoms with van der Waals surface area (Å²) in [7, 11) is 0. The van der Waals surface area contributed by atoms with E-state index in [0.29, 0.717) is 17.3 Å². The monoisotopic (exact) mass is 341 g/mol. The second kappa shape index (κ2) is 9.46. The quantitative estimate of drug-likeness (QED) is 0.562. The highest BCUT2D eigenvalue weighted by molar-refractivity contribution is 8.13. The molecule has 0 unspecified atom stereocenters. The second-order valence-electron chi connectivity index (χ2n) is 4.21. The molecule has 1 aromatic rings. The van der Waals surface area contributed by atoms with Crippen LogP contribution in [0.15, 0.2) is 30.3 Å². The number of carboxylic acid groups (broad SMARTS) is 1. The molecule has 0 spiro atoms. The first kappa shape index (κ1) is 18.5. The summed E-state index contributed by atoms with van der Waals surface area (Å²) in [5.74, 6) is -2.65. The van der Waals surface area contributed by atoms with E-state index in [-0.39, 0.29) is 5.75 Å². The topological polar surface area (TPSA) is 119 Å². The van der Waals surface area contributed by atoms with Crippen molar-refractivity contribution in [1.29, 1.82) is 0 Å². The van der Waals surface area contributed by atoms with E-state index in [2.05, 4.69) is 10.1 Å². The molecule has 0 saturated heterocycles. The van der Waals surface area contributed by atoms with Crippen molar-refractivity contribution in [2.45, 2.75) is 13.0 Å². The zero-order valence-corrected chi connectivity index (χ0v) is 13.0. The lowest BCUT2D eigenvalue weighted by atomic mass is 10.2. The van der Waals surface area contributed by atoms with Crippen LogP contribution >= 0.6 is 11.8 Å². The number of hydrogen-bond donors (Lipinski definition) is 2. The van der Waals surface area contributed by atoms with Gasteiger partial charge in [0.15, 0.2) is 0 Å². The molecule has 0 aliphatic carbocycles. The maximum Gasteiger partial charge on any atom is 0.370 e. The minimum absolute atomic E-state index is 0.208. The number of amides is 1. The summed E-state index contributed by atoms with van der Waals surface area (Å²) >= 11 is 0.554. The highest BCUT2D eigenvalue weighted by Crippen LogP contribution is 2.09. The third-order valence-electron chi connectivity index (χ3n) is 2.42. The third kappa shape index (κ3) is 7.32. The van der Waals surface area contributed by atoms with E-state index in [0.717, 1.165) is 0 Å². The molecule has 0 bridgehead atoms. The first-order valence-corrected chi connectivity index (χ1v) is 7.40. The van der Waals surface area contributed by atoms with Crippen molar-refractivity contribution in [3.05, 3.63) is 35.9 Å². The molecule has 0 heterocycles. The molecule has 0 aromatic heterocycles. The molecular weight excluding hydrogens is 326 g/mol. The number of carbonyl (C=O) groups excluding carboxylic acids is 3. The molecule has 1 amide bonds. The Hall–Kier alpha value is -2.55. The molecule has 9 heteroatoms. The number of esters is 1. The van der Waals surface area contributed by atoms with Gasteiger partial charge in [0.1, 0.15) is 6.04 Å². The lowest BCUT2D eigenvalue weighted by molar-refractivity contribution is -0.140. The predicted molar refractivity (Wildman–Crippen MR) is 80.9 cm³/mol. The number of ether oxygens (including phenoxy) is 2. The van der Waals surface area contributed by atoms with Crippen LogP contribution in [0.2, 0.25) is 0 Å². The molecule has 124 valence electrons. The number of thioether (sulfide) groups is 1. The molecular formula is C14H15NO7S. The van der Waals surface area contributed by atoms with E-state index in [4.69, 9.17) is 9.84 Å². The standard InChI is InChI=1S/C14H15NO7S/c1-9(16)15-11(12(17)18)7-23-14(20)22-8-21-13(19)10-5-3-2-4-6-10/h2-6,11H,7-8H2,1H3,(H,15,16)(H,17,18)/t11-/m0/s1. The van der Waals surface area contributed by atoms with Gasteiger partial charge in [-0.25, -0.2) is 14.4 Å². The fourth-order valence-electron chi connectivity index (χ4n) is 1.40. The summed E-state index contributed by atoms with van der Waals surface area (Å²) in [4.78, 5) is 44.7. The van der Waals surface area contributed by atoms with E-state index >= 15 is 0 Å². The van der Waals surface area contributed by atoms with Crippen LogP contribution in [0.1, 0.15) is 17.3 Å². The van der Waals surface area contributed by atoms with Crippen molar-refractivity contribution in [3.8, 4) is 0 Å². The van der Waals surface area contributed by atoms with Crippen LogP contribution in [0.4, 0.5) is 4.79 Å². The Labute approximate surface area is 136 Å². The normalized spacial score (nSPS) is 11.2. The molecule has 0 saturated carbocycles. The Bertz CT molecular complexity index is 576. The molecule has 0 aliphatic heterocycles. The van der Waals surface area contributed by atoms with Crippen molar-refractivity contribution < 1.29 is 33.8 Å². The minimum atomic E-state index is -1.27. The maximum atomic E-state index is 11.6. The largest absolute Gasteiger partial charge is 0.480 e. The smallest absolute Gasteiger partial charge is 0.370 e. The van der Waals surface area contributed by atoms with Crippen LogP contribution in [0, 0.1) is 0 Å². The molecule has 23 heavy (non-hydrogen) atoms. The Morgan fingerprint density at radius 2 is 1.83 bits per heavy atom. The van der Waals surface area contributed by atoms with Gasteiger partial charge in [-0.05, 0) is 23.9 Å². The van der Waals surface area contributed by atoms with Crippen LogP contribution in [-0.4, -0.2) is 46.8 Å². The summed E-state index contributed by atoms with van der Waals surface area (Å²) in [5, 5.41) is 10.2. The van der Waals surface area contributed by atoms with Gasteiger partial charge in [-0.1, -0.05) is 18.2 Å². The number of aliphatic carboxylic acids is 1. The number of benzene rings is 1. The van der Waals surface area contributed by atoms with Gasteiger partial charge in [-0.3, -0.25) is 4.79 Å². The van der Waals surface area contributed by atoms with Crippen molar-refractivity contribution in [1.82, 2.24) is 5.32 Å². The summed E-state index contributed by atoms with van der Waals surface area (Å²) < 4.78 is 9.38.